The van der Waals surface area contributed by atoms with Crippen LogP contribution in [0.4, 0.5) is 0 Å². The second-order valence-electron chi connectivity index (χ2n) is 5.39. The molecule has 2 N–H and O–H groups in total. The minimum atomic E-state index is -0.291. The van der Waals surface area contributed by atoms with Gasteiger partial charge in [0.2, 0.25) is 6.79 Å². The van der Waals surface area contributed by atoms with Crippen molar-refractivity contribution in [3.8, 4) is 11.5 Å². The smallest absolute Gasteiger partial charge is 0.251 e. The molecule has 0 saturated heterocycles. The Morgan fingerprint density at radius 1 is 1.25 bits per heavy atom. The second-order valence-corrected chi connectivity index (χ2v) is 5.39. The SMILES string of the molecule is O=C(NCC1CCCCC1O)c1ccc2c(c1)OCO2. The maximum Gasteiger partial charge on any atom is 0.251 e. The molecule has 0 radical (unpaired) electrons. The summed E-state index contributed by atoms with van der Waals surface area (Å²) in [6.07, 6.45) is 3.73. The van der Waals surface area contributed by atoms with Crippen LogP contribution in [-0.4, -0.2) is 30.5 Å². The lowest BCUT2D eigenvalue weighted by Crippen LogP contribution is -2.36. The van der Waals surface area contributed by atoms with Crippen LogP contribution in [0.1, 0.15) is 36.0 Å². The molecule has 1 amide bonds. The average Bonchev–Trinajstić information content (AvgIpc) is 2.93. The van der Waals surface area contributed by atoms with Crippen LogP contribution >= 0.6 is 0 Å². The van der Waals surface area contributed by atoms with Gasteiger partial charge >= 0.3 is 0 Å². The van der Waals surface area contributed by atoms with E-state index < -0.39 is 0 Å². The van der Waals surface area contributed by atoms with Gasteiger partial charge < -0.3 is 19.9 Å². The number of carbonyl (C=O) groups is 1. The largest absolute Gasteiger partial charge is 0.454 e. The standard InChI is InChI=1S/C15H19NO4/c17-12-4-2-1-3-11(12)8-16-15(18)10-5-6-13-14(7-10)20-9-19-13/h5-7,11-12,17H,1-4,8-9H2,(H,16,18). The first-order valence-corrected chi connectivity index (χ1v) is 7.10. The predicted octanol–water partition coefficient (Wildman–Crippen LogP) is 1.70. The summed E-state index contributed by atoms with van der Waals surface area (Å²) in [4.78, 5) is 12.1. The Balaban J connectivity index is 1.59. The number of ether oxygens (including phenoxy) is 2. The summed E-state index contributed by atoms with van der Waals surface area (Å²) < 4.78 is 10.5. The van der Waals surface area contributed by atoms with Crippen molar-refractivity contribution < 1.29 is 19.4 Å². The molecule has 1 saturated carbocycles. The number of nitrogens with one attached hydrogen (secondary N) is 1. The number of fused-ring (bicyclic) bond motifs is 1. The summed E-state index contributed by atoms with van der Waals surface area (Å²) in [5.41, 5.74) is 0.555. The minimum Gasteiger partial charge on any atom is -0.454 e. The maximum atomic E-state index is 12.1. The quantitative estimate of drug-likeness (QED) is 0.882. The van der Waals surface area contributed by atoms with E-state index in [2.05, 4.69) is 5.32 Å². The highest BCUT2D eigenvalue weighted by atomic mass is 16.7. The number of hydrogen-bond donors (Lipinski definition) is 2. The summed E-state index contributed by atoms with van der Waals surface area (Å²) in [6, 6.07) is 5.15. The number of hydrogen-bond acceptors (Lipinski definition) is 4. The summed E-state index contributed by atoms with van der Waals surface area (Å²) in [5.74, 6) is 1.31. The molecule has 3 rings (SSSR count). The van der Waals surface area contributed by atoms with Crippen molar-refractivity contribution in [2.45, 2.75) is 31.8 Å². The van der Waals surface area contributed by atoms with Crippen molar-refractivity contribution in [2.75, 3.05) is 13.3 Å². The second kappa shape index (κ2) is 5.71. The molecule has 5 heteroatoms. The van der Waals surface area contributed by atoms with E-state index >= 15 is 0 Å². The van der Waals surface area contributed by atoms with Crippen LogP contribution in [-0.2, 0) is 0 Å². The third-order valence-electron chi connectivity index (χ3n) is 4.03. The van der Waals surface area contributed by atoms with Crippen molar-refractivity contribution >= 4 is 5.91 Å². The first-order chi connectivity index (χ1) is 9.74. The van der Waals surface area contributed by atoms with Gasteiger partial charge in [0, 0.05) is 18.0 Å². The van der Waals surface area contributed by atoms with Crippen LogP contribution in [0.2, 0.25) is 0 Å². The number of carbonyl (C=O) groups excluding carboxylic acids is 1. The lowest BCUT2D eigenvalue weighted by atomic mass is 9.86. The van der Waals surface area contributed by atoms with E-state index in [0.29, 0.717) is 23.6 Å². The van der Waals surface area contributed by atoms with Gasteiger partial charge in [0.1, 0.15) is 0 Å². The highest BCUT2D eigenvalue weighted by Gasteiger charge is 2.24. The molecule has 1 aliphatic heterocycles. The van der Waals surface area contributed by atoms with E-state index in [0.717, 1.165) is 25.7 Å². The monoisotopic (exact) mass is 277 g/mol. The van der Waals surface area contributed by atoms with Crippen LogP contribution in [0.15, 0.2) is 18.2 Å². The van der Waals surface area contributed by atoms with E-state index in [1.54, 1.807) is 18.2 Å². The van der Waals surface area contributed by atoms with E-state index in [-0.39, 0.29) is 24.7 Å². The number of amides is 1. The van der Waals surface area contributed by atoms with Gasteiger partial charge in [-0.2, -0.15) is 0 Å². The first-order valence-electron chi connectivity index (χ1n) is 7.10. The predicted molar refractivity (Wildman–Crippen MR) is 72.9 cm³/mol. The molecule has 108 valence electrons. The highest BCUT2D eigenvalue weighted by Crippen LogP contribution is 2.32. The summed E-state index contributed by atoms with van der Waals surface area (Å²) in [5, 5.41) is 12.8. The van der Waals surface area contributed by atoms with Crippen molar-refractivity contribution in [3.05, 3.63) is 23.8 Å². The molecule has 1 fully saturated rings. The Hall–Kier alpha value is -1.75. The van der Waals surface area contributed by atoms with Crippen molar-refractivity contribution in [2.24, 2.45) is 5.92 Å². The summed E-state index contributed by atoms with van der Waals surface area (Å²) in [7, 11) is 0. The Kier molecular flexibility index (Phi) is 3.78. The highest BCUT2D eigenvalue weighted by molar-refractivity contribution is 5.94. The Morgan fingerprint density at radius 3 is 2.90 bits per heavy atom. The van der Waals surface area contributed by atoms with Gasteiger partial charge in [0.25, 0.3) is 5.91 Å². The third kappa shape index (κ3) is 2.72. The van der Waals surface area contributed by atoms with Gasteiger partial charge in [-0.1, -0.05) is 12.8 Å². The van der Waals surface area contributed by atoms with Gasteiger partial charge in [0.05, 0.1) is 6.10 Å². The molecule has 0 aromatic heterocycles. The lowest BCUT2D eigenvalue weighted by molar-refractivity contribution is 0.0663. The fourth-order valence-corrected chi connectivity index (χ4v) is 2.79. The topological polar surface area (TPSA) is 67.8 Å². The Bertz CT molecular complexity index is 503. The number of aliphatic hydroxyl groups is 1. The molecule has 2 aliphatic rings. The zero-order valence-corrected chi connectivity index (χ0v) is 11.3. The number of aliphatic hydroxyl groups excluding tert-OH is 1. The molecule has 1 aromatic carbocycles. The Morgan fingerprint density at radius 2 is 2.05 bits per heavy atom. The normalized spacial score (nSPS) is 24.4. The molecule has 0 spiro atoms. The zero-order chi connectivity index (χ0) is 13.9. The van der Waals surface area contributed by atoms with Gasteiger partial charge in [-0.25, -0.2) is 0 Å². The molecule has 20 heavy (non-hydrogen) atoms. The van der Waals surface area contributed by atoms with Crippen LogP contribution in [0.25, 0.3) is 0 Å². The van der Waals surface area contributed by atoms with Crippen molar-refractivity contribution in [1.82, 2.24) is 5.32 Å². The molecule has 0 bridgehead atoms. The first kappa shape index (κ1) is 13.2. The van der Waals surface area contributed by atoms with Gasteiger partial charge in [-0.15, -0.1) is 0 Å². The van der Waals surface area contributed by atoms with E-state index in [4.69, 9.17) is 9.47 Å². The van der Waals surface area contributed by atoms with Crippen molar-refractivity contribution in [1.29, 1.82) is 0 Å². The van der Waals surface area contributed by atoms with Gasteiger partial charge in [-0.3, -0.25) is 4.79 Å². The fourth-order valence-electron chi connectivity index (χ4n) is 2.79. The number of rotatable bonds is 3. The average molecular weight is 277 g/mol. The Labute approximate surface area is 117 Å². The van der Waals surface area contributed by atoms with Crippen LogP contribution in [0.5, 0.6) is 11.5 Å². The molecule has 1 aliphatic carbocycles. The fraction of sp³-hybridized carbons (Fsp3) is 0.533. The summed E-state index contributed by atoms with van der Waals surface area (Å²) in [6.45, 7) is 0.725. The minimum absolute atomic E-state index is 0.138. The van der Waals surface area contributed by atoms with E-state index in [9.17, 15) is 9.90 Å². The van der Waals surface area contributed by atoms with E-state index in [1.807, 2.05) is 0 Å². The number of benzene rings is 1. The third-order valence-corrected chi connectivity index (χ3v) is 4.03. The van der Waals surface area contributed by atoms with Crippen LogP contribution in [0.3, 0.4) is 0 Å². The van der Waals surface area contributed by atoms with Gasteiger partial charge in [0.15, 0.2) is 11.5 Å². The van der Waals surface area contributed by atoms with E-state index in [1.165, 1.54) is 0 Å². The van der Waals surface area contributed by atoms with Gasteiger partial charge in [-0.05, 0) is 31.0 Å². The van der Waals surface area contributed by atoms with Crippen molar-refractivity contribution in [3.63, 3.8) is 0 Å². The molecule has 2 unspecified atom stereocenters. The maximum absolute atomic E-state index is 12.1. The molecule has 1 heterocycles. The molecular formula is C15H19NO4. The zero-order valence-electron chi connectivity index (χ0n) is 11.3. The molecule has 2 atom stereocenters. The van der Waals surface area contributed by atoms with Crippen LogP contribution < -0.4 is 14.8 Å². The summed E-state index contributed by atoms with van der Waals surface area (Å²) >= 11 is 0. The molecule has 1 aromatic rings. The molecule has 5 nitrogen and oxygen atoms in total. The lowest BCUT2D eigenvalue weighted by Gasteiger charge is -2.27. The van der Waals surface area contributed by atoms with Crippen LogP contribution in [0, 0.1) is 5.92 Å². The molecular weight excluding hydrogens is 258 g/mol.